The number of rotatable bonds is 8. The first-order valence-electron chi connectivity index (χ1n) is 20.2. The number of hydrogen-bond donors (Lipinski definition) is 0. The van der Waals surface area contributed by atoms with Crippen molar-refractivity contribution >= 4 is 21.8 Å². The predicted molar refractivity (Wildman–Crippen MR) is 215 cm³/mol. The lowest BCUT2D eigenvalue weighted by Gasteiger charge is -2.43. The van der Waals surface area contributed by atoms with Crippen LogP contribution in [0.2, 0.25) is 0 Å². The third-order valence-electron chi connectivity index (χ3n) is 12.8. The van der Waals surface area contributed by atoms with E-state index in [2.05, 4.69) is 89.8 Å². The van der Waals surface area contributed by atoms with E-state index in [-0.39, 0.29) is 0 Å². The first-order valence-corrected chi connectivity index (χ1v) is 20.2. The SMILES string of the molecule is COc1ccnc(-n2c3ccccc3c3ccc(Oc4cccc(-n5nc(C)c(C6C(C7CCCCC7)=CCC[C@@H]6C6CCCCC6)c5C)c4)cc32)c1. The Labute approximate surface area is 313 Å². The molecule has 3 heterocycles. The van der Waals surface area contributed by atoms with Crippen molar-refractivity contribution in [1.29, 1.82) is 0 Å². The number of hydrogen-bond acceptors (Lipinski definition) is 4. The van der Waals surface area contributed by atoms with Crippen LogP contribution in [-0.4, -0.2) is 26.4 Å². The van der Waals surface area contributed by atoms with E-state index in [0.717, 1.165) is 62.9 Å². The van der Waals surface area contributed by atoms with Gasteiger partial charge in [-0.3, -0.25) is 4.57 Å². The summed E-state index contributed by atoms with van der Waals surface area (Å²) in [6.45, 7) is 4.57. The number of aromatic nitrogens is 4. The Morgan fingerprint density at radius 3 is 2.30 bits per heavy atom. The van der Waals surface area contributed by atoms with Gasteiger partial charge in [0, 0.05) is 52.3 Å². The second-order valence-electron chi connectivity index (χ2n) is 15.8. The molecule has 0 radical (unpaired) electrons. The van der Waals surface area contributed by atoms with Crippen LogP contribution in [0.4, 0.5) is 0 Å². The first-order chi connectivity index (χ1) is 26.1. The molecule has 6 heteroatoms. The van der Waals surface area contributed by atoms with Gasteiger partial charge < -0.3 is 9.47 Å². The molecule has 272 valence electrons. The zero-order chi connectivity index (χ0) is 35.9. The van der Waals surface area contributed by atoms with E-state index in [9.17, 15) is 0 Å². The van der Waals surface area contributed by atoms with Crippen molar-refractivity contribution in [2.45, 2.75) is 96.8 Å². The minimum Gasteiger partial charge on any atom is -0.497 e. The Balaban J connectivity index is 1.07. The summed E-state index contributed by atoms with van der Waals surface area (Å²) in [5, 5.41) is 7.62. The van der Waals surface area contributed by atoms with Crippen LogP contribution >= 0.6 is 0 Å². The first kappa shape index (κ1) is 34.0. The van der Waals surface area contributed by atoms with Crippen LogP contribution in [0.25, 0.3) is 33.3 Å². The summed E-state index contributed by atoms with van der Waals surface area (Å²) in [6.07, 6.45) is 20.9. The molecule has 6 aromatic rings. The fourth-order valence-corrected chi connectivity index (χ4v) is 10.4. The van der Waals surface area contributed by atoms with Gasteiger partial charge in [-0.1, -0.05) is 87.3 Å². The summed E-state index contributed by atoms with van der Waals surface area (Å²) in [6, 6.07) is 27.1. The van der Waals surface area contributed by atoms with Crippen molar-refractivity contribution in [2.24, 2.45) is 17.8 Å². The fraction of sp³-hybridized carbons (Fsp3) is 0.404. The number of methoxy groups -OCH3 is 1. The van der Waals surface area contributed by atoms with E-state index >= 15 is 0 Å². The Hall–Kier alpha value is -4.84. The number of nitrogens with zero attached hydrogens (tertiary/aromatic N) is 4. The molecule has 3 aliphatic rings. The number of ether oxygens (including phenoxy) is 2. The van der Waals surface area contributed by atoms with E-state index in [1.807, 2.05) is 18.2 Å². The highest BCUT2D eigenvalue weighted by atomic mass is 16.5. The molecule has 0 bridgehead atoms. The van der Waals surface area contributed by atoms with Crippen LogP contribution in [-0.2, 0) is 0 Å². The molecule has 3 aromatic carbocycles. The number of fused-ring (bicyclic) bond motifs is 3. The van der Waals surface area contributed by atoms with Gasteiger partial charge in [0.05, 0.1) is 29.5 Å². The molecule has 2 fully saturated rings. The normalized spacial score (nSPS) is 20.2. The van der Waals surface area contributed by atoms with E-state index in [4.69, 9.17) is 19.6 Å². The van der Waals surface area contributed by atoms with E-state index in [1.165, 1.54) is 99.4 Å². The summed E-state index contributed by atoms with van der Waals surface area (Å²) in [4.78, 5) is 4.73. The van der Waals surface area contributed by atoms with Crippen LogP contribution < -0.4 is 9.47 Å². The maximum Gasteiger partial charge on any atom is 0.141 e. The maximum atomic E-state index is 6.66. The molecule has 0 N–H and O–H groups in total. The summed E-state index contributed by atoms with van der Waals surface area (Å²) < 4.78 is 16.6. The van der Waals surface area contributed by atoms with E-state index in [1.54, 1.807) is 18.9 Å². The quantitative estimate of drug-likeness (QED) is 0.148. The predicted octanol–water partition coefficient (Wildman–Crippen LogP) is 12.4. The number of benzene rings is 3. The smallest absolute Gasteiger partial charge is 0.141 e. The summed E-state index contributed by atoms with van der Waals surface area (Å²) >= 11 is 0. The Morgan fingerprint density at radius 1 is 0.698 bits per heavy atom. The third kappa shape index (κ3) is 6.34. The van der Waals surface area contributed by atoms with Crippen molar-refractivity contribution in [3.05, 3.63) is 114 Å². The third-order valence-corrected chi connectivity index (χ3v) is 12.8. The number of allylic oxidation sites excluding steroid dienone is 2. The number of pyridine rings is 1. The lowest BCUT2D eigenvalue weighted by atomic mass is 9.62. The molecular weight excluding hydrogens is 653 g/mol. The molecule has 9 rings (SSSR count). The van der Waals surface area contributed by atoms with Gasteiger partial charge in [0.25, 0.3) is 0 Å². The monoisotopic (exact) mass is 704 g/mol. The Morgan fingerprint density at radius 2 is 1.47 bits per heavy atom. The van der Waals surface area contributed by atoms with Crippen LogP contribution in [0.3, 0.4) is 0 Å². The van der Waals surface area contributed by atoms with E-state index < -0.39 is 0 Å². The van der Waals surface area contributed by atoms with Crippen LogP contribution in [0.5, 0.6) is 17.2 Å². The molecule has 0 aliphatic heterocycles. The van der Waals surface area contributed by atoms with E-state index in [0.29, 0.717) is 5.92 Å². The highest BCUT2D eigenvalue weighted by Crippen LogP contribution is 2.52. The number of aryl methyl sites for hydroxylation is 1. The highest BCUT2D eigenvalue weighted by molar-refractivity contribution is 6.09. The molecule has 2 saturated carbocycles. The van der Waals surface area contributed by atoms with Gasteiger partial charge in [-0.2, -0.15) is 5.10 Å². The second-order valence-corrected chi connectivity index (χ2v) is 15.8. The van der Waals surface area contributed by atoms with Gasteiger partial charge in [-0.25, -0.2) is 9.67 Å². The molecule has 0 saturated heterocycles. The number of para-hydroxylation sites is 1. The molecule has 3 aromatic heterocycles. The van der Waals surface area contributed by atoms with Gasteiger partial charge in [0.1, 0.15) is 23.1 Å². The largest absolute Gasteiger partial charge is 0.497 e. The van der Waals surface area contributed by atoms with Crippen LogP contribution in [0.15, 0.2) is 96.7 Å². The average molecular weight is 705 g/mol. The minimum atomic E-state index is 0.487. The molecule has 6 nitrogen and oxygen atoms in total. The standard InChI is InChI=1S/C47H52N4O2/c1-31-46(47-39(33-14-6-4-7-15-33)21-13-22-40(47)34-16-8-5-9-17-34)32(2)51(49-31)35-18-12-19-37(28-35)53-38-24-25-42-41-20-10-11-23-43(41)50(44(42)29-38)45-30-36(52-3)26-27-48-45/h10-12,18-21,23-30,33-34,40,47H,4-9,13-17,22H2,1-3H3/t40-,47?/m1/s1. The van der Waals surface area contributed by atoms with Gasteiger partial charge in [0.15, 0.2) is 0 Å². The lowest BCUT2D eigenvalue weighted by molar-refractivity contribution is 0.198. The molecule has 0 spiro atoms. The lowest BCUT2D eigenvalue weighted by Crippen LogP contribution is -2.31. The van der Waals surface area contributed by atoms with Crippen molar-refractivity contribution in [1.82, 2.24) is 19.3 Å². The van der Waals surface area contributed by atoms with Gasteiger partial charge in [-0.15, -0.1) is 0 Å². The summed E-state index contributed by atoms with van der Waals surface area (Å²) in [5.41, 5.74) is 8.88. The average Bonchev–Trinajstić information content (AvgIpc) is 3.70. The topological polar surface area (TPSA) is 54.1 Å². The summed E-state index contributed by atoms with van der Waals surface area (Å²) in [7, 11) is 1.69. The van der Waals surface area contributed by atoms with Gasteiger partial charge >= 0.3 is 0 Å². The van der Waals surface area contributed by atoms with Crippen LogP contribution in [0, 0.1) is 31.6 Å². The van der Waals surface area contributed by atoms with Crippen LogP contribution in [0.1, 0.15) is 99.9 Å². The van der Waals surface area contributed by atoms with Gasteiger partial charge in [-0.05, 0) is 93.7 Å². The summed E-state index contributed by atoms with van der Waals surface area (Å²) in [5.74, 6) is 5.91. The minimum absolute atomic E-state index is 0.487. The zero-order valence-corrected chi connectivity index (χ0v) is 31.6. The fourth-order valence-electron chi connectivity index (χ4n) is 10.4. The van der Waals surface area contributed by atoms with Crippen molar-refractivity contribution in [3.63, 3.8) is 0 Å². The molecule has 53 heavy (non-hydrogen) atoms. The second kappa shape index (κ2) is 14.5. The van der Waals surface area contributed by atoms with Gasteiger partial charge in [0.2, 0.25) is 0 Å². The Bertz CT molecular complexity index is 2280. The molecular formula is C47H52N4O2. The van der Waals surface area contributed by atoms with Crippen molar-refractivity contribution < 1.29 is 9.47 Å². The maximum absolute atomic E-state index is 6.66. The van der Waals surface area contributed by atoms with Crippen molar-refractivity contribution in [3.8, 4) is 28.8 Å². The molecule has 1 unspecified atom stereocenters. The molecule has 2 atom stereocenters. The van der Waals surface area contributed by atoms with Crippen molar-refractivity contribution in [2.75, 3.05) is 7.11 Å². The highest BCUT2D eigenvalue weighted by Gasteiger charge is 2.40. The molecule has 3 aliphatic carbocycles. The zero-order valence-electron chi connectivity index (χ0n) is 31.6. The molecule has 0 amide bonds. The Kier molecular flexibility index (Phi) is 9.31.